The molecule has 0 bridgehead atoms. The Kier molecular flexibility index (Phi) is 4.12. The van der Waals surface area contributed by atoms with Crippen LogP contribution in [-0.2, 0) is 14.3 Å². The number of rotatable bonds is 5. The van der Waals surface area contributed by atoms with Gasteiger partial charge in [0, 0.05) is 0 Å². The summed E-state index contributed by atoms with van der Waals surface area (Å²) in [5.74, 6) is -1.17. The average molecular weight is 372 g/mol. The fourth-order valence-electron chi connectivity index (χ4n) is 2.85. The summed E-state index contributed by atoms with van der Waals surface area (Å²) >= 11 is 6.02. The standard InChI is InChI=1S/C14H14ClN3O7/c15-5-1-6-12(17-13(5)24-4-9(20)21)18-14(16-6)25-8-3-23-10-7(19)2-22-11(8)10/h1,7-8,10-11,19H,2-4H2,(H,20,21)(H,16,17,18)/t7-,8-,10-,11-/m1/s1. The van der Waals surface area contributed by atoms with Crippen LogP contribution in [0.5, 0.6) is 11.9 Å². The van der Waals surface area contributed by atoms with Gasteiger partial charge in [-0.3, -0.25) is 0 Å². The topological polar surface area (TPSA) is 136 Å². The maximum absolute atomic E-state index is 10.6. The Morgan fingerprint density at radius 1 is 1.36 bits per heavy atom. The molecule has 10 nitrogen and oxygen atoms in total. The van der Waals surface area contributed by atoms with E-state index in [4.69, 9.17) is 35.7 Å². The fraction of sp³-hybridized carbons (Fsp3) is 0.500. The average Bonchev–Trinajstić information content (AvgIpc) is 3.23. The molecule has 3 N–H and O–H groups in total. The van der Waals surface area contributed by atoms with Gasteiger partial charge in [0.2, 0.25) is 5.88 Å². The third-order valence-electron chi connectivity index (χ3n) is 3.95. The van der Waals surface area contributed by atoms with E-state index in [2.05, 4.69) is 15.0 Å². The van der Waals surface area contributed by atoms with Gasteiger partial charge in [-0.25, -0.2) is 4.79 Å². The number of aliphatic carboxylic acids is 1. The van der Waals surface area contributed by atoms with E-state index in [9.17, 15) is 9.90 Å². The zero-order valence-electron chi connectivity index (χ0n) is 12.7. The number of aliphatic hydroxyl groups is 1. The highest BCUT2D eigenvalue weighted by Crippen LogP contribution is 2.31. The molecule has 0 aromatic carbocycles. The lowest BCUT2D eigenvalue weighted by Crippen LogP contribution is -2.34. The van der Waals surface area contributed by atoms with Crippen LogP contribution in [-0.4, -0.2) is 75.4 Å². The quantitative estimate of drug-likeness (QED) is 0.662. The molecule has 11 heteroatoms. The van der Waals surface area contributed by atoms with E-state index in [-0.39, 0.29) is 41.9 Å². The predicted molar refractivity (Wildman–Crippen MR) is 81.9 cm³/mol. The van der Waals surface area contributed by atoms with Crippen LogP contribution in [0.25, 0.3) is 11.2 Å². The van der Waals surface area contributed by atoms with Crippen molar-refractivity contribution in [2.75, 3.05) is 19.8 Å². The third kappa shape index (κ3) is 3.09. The normalized spacial score (nSPS) is 28.2. The zero-order chi connectivity index (χ0) is 17.6. The number of carboxylic acids is 1. The summed E-state index contributed by atoms with van der Waals surface area (Å²) in [6.45, 7) is -0.0878. The molecule has 2 saturated heterocycles. The van der Waals surface area contributed by atoms with E-state index in [1.807, 2.05) is 0 Å². The maximum atomic E-state index is 10.6. The van der Waals surface area contributed by atoms with Gasteiger partial charge >= 0.3 is 5.97 Å². The minimum absolute atomic E-state index is 0.0267. The maximum Gasteiger partial charge on any atom is 0.341 e. The van der Waals surface area contributed by atoms with E-state index in [1.54, 1.807) is 0 Å². The molecular weight excluding hydrogens is 358 g/mol. The van der Waals surface area contributed by atoms with Crippen molar-refractivity contribution < 1.29 is 34.0 Å². The molecule has 2 aromatic rings. The number of H-pyrrole nitrogens is 1. The van der Waals surface area contributed by atoms with Gasteiger partial charge in [-0.1, -0.05) is 11.6 Å². The first kappa shape index (κ1) is 16.3. The molecule has 2 fully saturated rings. The molecule has 134 valence electrons. The van der Waals surface area contributed by atoms with E-state index >= 15 is 0 Å². The number of carbonyl (C=O) groups is 1. The summed E-state index contributed by atoms with van der Waals surface area (Å²) in [4.78, 5) is 21.8. The number of carboxylic acid groups (broad SMARTS) is 1. The van der Waals surface area contributed by atoms with Gasteiger partial charge in [0.25, 0.3) is 6.01 Å². The summed E-state index contributed by atoms with van der Waals surface area (Å²) in [5.41, 5.74) is 0.771. The first-order chi connectivity index (χ1) is 12.0. The van der Waals surface area contributed by atoms with Gasteiger partial charge in [-0.05, 0) is 6.07 Å². The molecule has 4 rings (SSSR count). The van der Waals surface area contributed by atoms with Crippen molar-refractivity contribution in [3.05, 3.63) is 11.1 Å². The van der Waals surface area contributed by atoms with Crippen molar-refractivity contribution in [3.63, 3.8) is 0 Å². The van der Waals surface area contributed by atoms with Crippen molar-refractivity contribution in [2.45, 2.75) is 24.4 Å². The second-order valence-corrected chi connectivity index (χ2v) is 6.10. The molecule has 0 saturated carbocycles. The van der Waals surface area contributed by atoms with Crippen LogP contribution in [0.15, 0.2) is 6.07 Å². The number of pyridine rings is 1. The number of aliphatic hydroxyl groups excluding tert-OH is 1. The number of hydrogen-bond donors (Lipinski definition) is 3. The number of hydrogen-bond acceptors (Lipinski definition) is 8. The second-order valence-electron chi connectivity index (χ2n) is 5.69. The lowest BCUT2D eigenvalue weighted by Gasteiger charge is -2.15. The van der Waals surface area contributed by atoms with Crippen LogP contribution in [0.3, 0.4) is 0 Å². The number of ether oxygens (including phenoxy) is 4. The minimum atomic E-state index is -1.14. The van der Waals surface area contributed by atoms with E-state index in [1.165, 1.54) is 6.07 Å². The van der Waals surface area contributed by atoms with E-state index < -0.39 is 30.9 Å². The number of nitrogens with one attached hydrogen (secondary N) is 1. The molecule has 0 spiro atoms. The predicted octanol–water partition coefficient (Wildman–Crippen LogP) is -0.0194. The highest BCUT2D eigenvalue weighted by atomic mass is 35.5. The highest BCUT2D eigenvalue weighted by Gasteiger charge is 2.48. The molecule has 2 aliphatic heterocycles. The number of imidazole rings is 1. The molecule has 0 unspecified atom stereocenters. The van der Waals surface area contributed by atoms with Crippen LogP contribution in [0.2, 0.25) is 5.02 Å². The smallest absolute Gasteiger partial charge is 0.341 e. The number of aromatic amines is 1. The first-order valence-electron chi connectivity index (χ1n) is 7.50. The lowest BCUT2D eigenvalue weighted by atomic mass is 10.1. The number of fused-ring (bicyclic) bond motifs is 2. The zero-order valence-corrected chi connectivity index (χ0v) is 13.5. The Morgan fingerprint density at radius 3 is 2.96 bits per heavy atom. The lowest BCUT2D eigenvalue weighted by molar-refractivity contribution is -0.139. The van der Waals surface area contributed by atoms with Crippen molar-refractivity contribution in [1.82, 2.24) is 15.0 Å². The Labute approximate surface area is 145 Å². The Hall–Kier alpha value is -2.14. The molecule has 0 radical (unpaired) electrons. The number of aromatic nitrogens is 3. The summed E-state index contributed by atoms with van der Waals surface area (Å²) in [6, 6.07) is 1.71. The van der Waals surface area contributed by atoms with Crippen LogP contribution in [0.4, 0.5) is 0 Å². The van der Waals surface area contributed by atoms with Crippen LogP contribution < -0.4 is 9.47 Å². The van der Waals surface area contributed by atoms with Crippen molar-refractivity contribution in [1.29, 1.82) is 0 Å². The molecular formula is C14H14ClN3O7. The number of nitrogens with zero attached hydrogens (tertiary/aromatic N) is 2. The molecule has 0 amide bonds. The van der Waals surface area contributed by atoms with Gasteiger partial charge in [-0.15, -0.1) is 0 Å². The summed E-state index contributed by atoms with van der Waals surface area (Å²) < 4.78 is 21.7. The largest absolute Gasteiger partial charge is 0.479 e. The summed E-state index contributed by atoms with van der Waals surface area (Å²) in [6.07, 6.45) is -1.85. The van der Waals surface area contributed by atoms with E-state index in [0.717, 1.165) is 0 Å². The molecule has 2 aromatic heterocycles. The Morgan fingerprint density at radius 2 is 2.16 bits per heavy atom. The van der Waals surface area contributed by atoms with Gasteiger partial charge in [-0.2, -0.15) is 9.97 Å². The van der Waals surface area contributed by atoms with Crippen LogP contribution in [0.1, 0.15) is 0 Å². The summed E-state index contributed by atoms with van der Waals surface area (Å²) in [7, 11) is 0. The Bertz CT molecular complexity index is 813. The highest BCUT2D eigenvalue weighted by molar-refractivity contribution is 6.32. The second kappa shape index (κ2) is 6.30. The van der Waals surface area contributed by atoms with Gasteiger partial charge < -0.3 is 34.1 Å². The SMILES string of the molecule is O=C(O)COc1nc2nc(O[C@@H]3CO[C@H]4[C@@H]3OC[C@H]4O)[nH]c2cc1Cl. The summed E-state index contributed by atoms with van der Waals surface area (Å²) in [5, 5.41) is 18.5. The van der Waals surface area contributed by atoms with Gasteiger partial charge in [0.05, 0.1) is 18.7 Å². The molecule has 25 heavy (non-hydrogen) atoms. The molecule has 4 heterocycles. The minimum Gasteiger partial charge on any atom is -0.479 e. The van der Waals surface area contributed by atoms with Crippen molar-refractivity contribution >= 4 is 28.7 Å². The first-order valence-corrected chi connectivity index (χ1v) is 7.88. The van der Waals surface area contributed by atoms with E-state index in [0.29, 0.717) is 5.52 Å². The molecule has 0 aliphatic carbocycles. The number of halogens is 1. The van der Waals surface area contributed by atoms with Crippen molar-refractivity contribution in [2.24, 2.45) is 0 Å². The van der Waals surface area contributed by atoms with Crippen molar-refractivity contribution in [3.8, 4) is 11.9 Å². The molecule has 2 aliphatic rings. The fourth-order valence-corrected chi connectivity index (χ4v) is 3.06. The van der Waals surface area contributed by atoms with Crippen LogP contribution in [0, 0.1) is 0 Å². The van der Waals surface area contributed by atoms with Crippen LogP contribution >= 0.6 is 11.6 Å². The third-order valence-corrected chi connectivity index (χ3v) is 4.22. The van der Waals surface area contributed by atoms with Gasteiger partial charge in [0.15, 0.2) is 18.4 Å². The molecule has 4 atom stereocenters. The van der Waals surface area contributed by atoms with Gasteiger partial charge in [0.1, 0.15) is 23.3 Å². The monoisotopic (exact) mass is 371 g/mol. The Balaban J connectivity index is 1.52.